The Bertz CT molecular complexity index is 507. The third-order valence-electron chi connectivity index (χ3n) is 7.04. The lowest BCUT2D eigenvalue weighted by atomic mass is 9.88. The molecule has 0 aromatic rings. The van der Waals surface area contributed by atoms with E-state index in [2.05, 4.69) is 20.0 Å². The molecule has 7 nitrogen and oxygen atoms in total. The van der Waals surface area contributed by atoms with Gasteiger partial charge in [-0.3, -0.25) is 19.4 Å². The molecule has 0 bridgehead atoms. The number of hydrogen-bond acceptors (Lipinski definition) is 5. The number of ether oxygens (including phenoxy) is 1. The summed E-state index contributed by atoms with van der Waals surface area (Å²) in [5.74, 6) is 0.400. The highest BCUT2D eigenvalue weighted by molar-refractivity contribution is 5.79. The van der Waals surface area contributed by atoms with Crippen molar-refractivity contribution in [3.8, 4) is 0 Å². The van der Waals surface area contributed by atoms with Crippen molar-refractivity contribution in [2.75, 3.05) is 59.5 Å². The molecule has 3 aliphatic rings. The van der Waals surface area contributed by atoms with Crippen LogP contribution in [-0.4, -0.2) is 98.1 Å². The number of nitrogens with zero attached hydrogens (tertiary/aromatic N) is 3. The molecule has 0 unspecified atom stereocenters. The summed E-state index contributed by atoms with van der Waals surface area (Å²) in [5, 5.41) is 2.88. The zero-order valence-electron chi connectivity index (χ0n) is 18.9. The van der Waals surface area contributed by atoms with E-state index < -0.39 is 0 Å². The molecule has 30 heavy (non-hydrogen) atoms. The number of carbonyl (C=O) groups is 2. The van der Waals surface area contributed by atoms with Gasteiger partial charge < -0.3 is 15.0 Å². The molecule has 3 fully saturated rings. The third kappa shape index (κ3) is 7.20. The molecule has 0 spiro atoms. The summed E-state index contributed by atoms with van der Waals surface area (Å²) in [6.07, 6.45) is 12.5. The average molecular weight is 423 g/mol. The second-order valence-electron chi connectivity index (χ2n) is 9.28. The molecular weight excluding hydrogens is 380 g/mol. The number of amides is 2. The van der Waals surface area contributed by atoms with Crippen LogP contribution in [0.4, 0.5) is 0 Å². The Morgan fingerprint density at radius 3 is 1.83 bits per heavy atom. The molecule has 1 aliphatic heterocycles. The van der Waals surface area contributed by atoms with Crippen LogP contribution in [0.5, 0.6) is 0 Å². The van der Waals surface area contributed by atoms with Crippen molar-refractivity contribution in [3.63, 3.8) is 0 Å². The smallest absolute Gasteiger partial charge is 0.237 e. The van der Waals surface area contributed by atoms with Gasteiger partial charge in [0.1, 0.15) is 0 Å². The second kappa shape index (κ2) is 12.6. The van der Waals surface area contributed by atoms with Gasteiger partial charge in [-0.05, 0) is 25.7 Å². The monoisotopic (exact) mass is 422 g/mol. The summed E-state index contributed by atoms with van der Waals surface area (Å²) in [6.45, 7) is 5.49. The van der Waals surface area contributed by atoms with Crippen molar-refractivity contribution in [2.24, 2.45) is 0 Å². The van der Waals surface area contributed by atoms with Gasteiger partial charge in [0.25, 0.3) is 0 Å². The van der Waals surface area contributed by atoms with Gasteiger partial charge in [0, 0.05) is 51.9 Å². The van der Waals surface area contributed by atoms with Crippen LogP contribution in [0.1, 0.15) is 64.2 Å². The number of rotatable bonds is 9. The molecule has 0 radical (unpaired) electrons. The molecule has 2 amide bonds. The molecule has 172 valence electrons. The Hall–Kier alpha value is -1.18. The quantitative estimate of drug-likeness (QED) is 0.575. The minimum absolute atomic E-state index is 0.0531. The van der Waals surface area contributed by atoms with Gasteiger partial charge in [-0.15, -0.1) is 0 Å². The van der Waals surface area contributed by atoms with Crippen LogP contribution in [0.3, 0.4) is 0 Å². The van der Waals surface area contributed by atoms with Gasteiger partial charge in [0.15, 0.2) is 0 Å². The van der Waals surface area contributed by atoms with Crippen molar-refractivity contribution in [1.82, 2.24) is 20.0 Å². The van der Waals surface area contributed by atoms with Crippen molar-refractivity contribution < 1.29 is 14.3 Å². The van der Waals surface area contributed by atoms with E-state index in [0.29, 0.717) is 44.2 Å². The Balaban J connectivity index is 1.46. The first kappa shape index (κ1) is 23.5. The maximum atomic E-state index is 13.4. The van der Waals surface area contributed by atoms with Gasteiger partial charge in [-0.25, -0.2) is 0 Å². The lowest BCUT2D eigenvalue weighted by Gasteiger charge is -2.43. The molecule has 7 heteroatoms. The van der Waals surface area contributed by atoms with Crippen molar-refractivity contribution in [3.05, 3.63) is 0 Å². The van der Waals surface area contributed by atoms with Crippen molar-refractivity contribution in [1.29, 1.82) is 0 Å². The van der Waals surface area contributed by atoms with Crippen molar-refractivity contribution in [2.45, 2.75) is 76.3 Å². The van der Waals surface area contributed by atoms with E-state index in [1.165, 1.54) is 64.2 Å². The minimum Gasteiger partial charge on any atom is -0.383 e. The fraction of sp³-hybridized carbons (Fsp3) is 0.913. The topological polar surface area (TPSA) is 65.1 Å². The summed E-state index contributed by atoms with van der Waals surface area (Å²) in [6, 6.07) is 0.929. The Morgan fingerprint density at radius 1 is 0.833 bits per heavy atom. The predicted molar refractivity (Wildman–Crippen MR) is 118 cm³/mol. The van der Waals surface area contributed by atoms with E-state index in [1.54, 1.807) is 7.11 Å². The summed E-state index contributed by atoms with van der Waals surface area (Å²) in [5.41, 5.74) is 0. The van der Waals surface area contributed by atoms with E-state index in [0.717, 1.165) is 26.2 Å². The van der Waals surface area contributed by atoms with Crippen LogP contribution in [0.25, 0.3) is 0 Å². The number of piperazine rings is 1. The highest BCUT2D eigenvalue weighted by Crippen LogP contribution is 2.30. The number of nitrogens with one attached hydrogen (secondary N) is 1. The second-order valence-corrected chi connectivity index (χ2v) is 9.28. The largest absolute Gasteiger partial charge is 0.383 e. The van der Waals surface area contributed by atoms with Gasteiger partial charge in [0.05, 0.1) is 19.7 Å². The predicted octanol–water partition coefficient (Wildman–Crippen LogP) is 1.86. The van der Waals surface area contributed by atoms with Crippen LogP contribution in [0.15, 0.2) is 0 Å². The summed E-state index contributed by atoms with van der Waals surface area (Å²) in [7, 11) is 1.64. The average Bonchev–Trinajstić information content (AvgIpc) is 2.77. The van der Waals surface area contributed by atoms with Crippen LogP contribution in [-0.2, 0) is 14.3 Å². The number of hydrogen-bond donors (Lipinski definition) is 1. The van der Waals surface area contributed by atoms with E-state index >= 15 is 0 Å². The fourth-order valence-corrected chi connectivity index (χ4v) is 5.35. The fourth-order valence-electron chi connectivity index (χ4n) is 5.35. The molecule has 1 saturated heterocycles. The number of methoxy groups -OCH3 is 1. The van der Waals surface area contributed by atoms with Crippen molar-refractivity contribution >= 4 is 11.8 Å². The highest BCUT2D eigenvalue weighted by atomic mass is 16.5. The summed E-state index contributed by atoms with van der Waals surface area (Å²) >= 11 is 0. The maximum absolute atomic E-state index is 13.4. The molecule has 2 aliphatic carbocycles. The van der Waals surface area contributed by atoms with E-state index in [9.17, 15) is 9.59 Å². The Morgan fingerprint density at radius 2 is 1.33 bits per heavy atom. The SMILES string of the molecule is COCCNC(=O)CN1CCN(CC(=O)N(C2CCCCC2)C2CCCCC2)CC1. The Kier molecular flexibility index (Phi) is 9.88. The zero-order valence-corrected chi connectivity index (χ0v) is 18.9. The molecule has 0 aromatic carbocycles. The molecule has 1 heterocycles. The standard InChI is InChI=1S/C23H42N4O3/c1-30-17-12-24-22(28)18-25-13-15-26(16-14-25)19-23(29)27(20-8-4-2-5-9-20)21-10-6-3-7-11-21/h20-21H,2-19H2,1H3,(H,24,28). The van der Waals surface area contributed by atoms with Crippen LogP contribution >= 0.6 is 0 Å². The Labute approximate surface area is 182 Å². The van der Waals surface area contributed by atoms with Crippen LogP contribution < -0.4 is 5.32 Å². The molecule has 2 saturated carbocycles. The van der Waals surface area contributed by atoms with Crippen LogP contribution in [0.2, 0.25) is 0 Å². The third-order valence-corrected chi connectivity index (χ3v) is 7.04. The molecule has 1 N–H and O–H groups in total. The van der Waals surface area contributed by atoms with Crippen LogP contribution in [0, 0.1) is 0 Å². The first-order valence-electron chi connectivity index (χ1n) is 12.2. The first-order valence-corrected chi connectivity index (χ1v) is 12.2. The summed E-state index contributed by atoms with van der Waals surface area (Å²) in [4.78, 5) is 32.2. The zero-order chi connectivity index (χ0) is 21.2. The maximum Gasteiger partial charge on any atom is 0.237 e. The van der Waals surface area contributed by atoms with Gasteiger partial charge in [-0.1, -0.05) is 38.5 Å². The molecule has 0 aromatic heterocycles. The van der Waals surface area contributed by atoms with E-state index in [4.69, 9.17) is 4.74 Å². The normalized spacial score (nSPS) is 22.7. The van der Waals surface area contributed by atoms with E-state index in [-0.39, 0.29) is 5.91 Å². The lowest BCUT2D eigenvalue weighted by molar-refractivity contribution is -0.140. The van der Waals surface area contributed by atoms with Gasteiger partial charge >= 0.3 is 0 Å². The first-order chi connectivity index (χ1) is 14.7. The van der Waals surface area contributed by atoms with Gasteiger partial charge in [-0.2, -0.15) is 0 Å². The molecular formula is C23H42N4O3. The van der Waals surface area contributed by atoms with Gasteiger partial charge in [0.2, 0.25) is 11.8 Å². The van der Waals surface area contributed by atoms with E-state index in [1.807, 2.05) is 0 Å². The minimum atomic E-state index is 0.0531. The molecule has 3 rings (SSSR count). The highest BCUT2D eigenvalue weighted by Gasteiger charge is 2.33. The molecule has 0 atom stereocenters. The summed E-state index contributed by atoms with van der Waals surface area (Å²) < 4.78 is 4.97. The lowest BCUT2D eigenvalue weighted by Crippen LogP contribution is -2.55. The number of carbonyl (C=O) groups excluding carboxylic acids is 2.